The summed E-state index contributed by atoms with van der Waals surface area (Å²) < 4.78 is 26.4. The Kier molecular flexibility index (Phi) is 5.01. The largest absolute Gasteiger partial charge is 0.399 e. The van der Waals surface area contributed by atoms with Crippen LogP contribution in [0.5, 0.6) is 0 Å². The third kappa shape index (κ3) is 3.94. The van der Waals surface area contributed by atoms with E-state index in [1.807, 2.05) is 0 Å². The van der Waals surface area contributed by atoms with Crippen molar-refractivity contribution in [2.24, 2.45) is 0 Å². The molecule has 0 radical (unpaired) electrons. The quantitative estimate of drug-likeness (QED) is 0.827. The van der Waals surface area contributed by atoms with Crippen molar-refractivity contribution >= 4 is 15.7 Å². The van der Waals surface area contributed by atoms with Gasteiger partial charge in [-0.3, -0.25) is 0 Å². The maximum Gasteiger partial charge on any atom is 0.218 e. The summed E-state index contributed by atoms with van der Waals surface area (Å²) in [5.41, 5.74) is 7.05. The Hall–Kier alpha value is -1.11. The molecule has 0 amide bonds. The van der Waals surface area contributed by atoms with Gasteiger partial charge in [0.25, 0.3) is 0 Å². The van der Waals surface area contributed by atoms with Crippen molar-refractivity contribution in [3.8, 4) is 0 Å². The molecule has 2 rings (SSSR count). The van der Waals surface area contributed by atoms with Crippen LogP contribution < -0.4 is 5.73 Å². The molecule has 1 aromatic carbocycles. The first-order valence-electron chi connectivity index (χ1n) is 7.06. The van der Waals surface area contributed by atoms with Gasteiger partial charge in [0.1, 0.15) is 0 Å². The first-order valence-corrected chi connectivity index (χ1v) is 8.67. The van der Waals surface area contributed by atoms with Crippen molar-refractivity contribution in [2.75, 3.05) is 38.5 Å². The van der Waals surface area contributed by atoms with E-state index in [1.165, 1.54) is 0 Å². The average Bonchev–Trinajstić information content (AvgIpc) is 2.42. The molecular formula is C14H23N3O2S. The zero-order valence-electron chi connectivity index (χ0n) is 12.0. The molecule has 0 saturated carbocycles. The first-order chi connectivity index (χ1) is 9.51. The maximum atomic E-state index is 12.4. The highest BCUT2D eigenvalue weighted by atomic mass is 32.2. The van der Waals surface area contributed by atoms with Gasteiger partial charge < -0.3 is 10.6 Å². The molecule has 0 unspecified atom stereocenters. The van der Waals surface area contributed by atoms with E-state index in [-0.39, 0.29) is 5.75 Å². The minimum Gasteiger partial charge on any atom is -0.399 e. The maximum absolute atomic E-state index is 12.4. The van der Waals surface area contributed by atoms with Gasteiger partial charge in [0, 0.05) is 31.9 Å². The molecule has 2 N–H and O–H groups in total. The van der Waals surface area contributed by atoms with Crippen molar-refractivity contribution in [3.63, 3.8) is 0 Å². The summed E-state index contributed by atoms with van der Waals surface area (Å²) in [6, 6.07) is 7.04. The number of benzene rings is 1. The Labute approximate surface area is 121 Å². The Balaban J connectivity index is 1.96. The van der Waals surface area contributed by atoms with Gasteiger partial charge in [-0.25, -0.2) is 8.42 Å². The number of anilines is 1. The fourth-order valence-corrected chi connectivity index (χ4v) is 3.98. The second-order valence-electron chi connectivity index (χ2n) is 5.24. The second-order valence-corrected chi connectivity index (χ2v) is 7.21. The van der Waals surface area contributed by atoms with Gasteiger partial charge in [-0.05, 0) is 30.7 Å². The zero-order chi connectivity index (χ0) is 14.6. The van der Waals surface area contributed by atoms with Crippen LogP contribution >= 0.6 is 0 Å². The monoisotopic (exact) mass is 297 g/mol. The smallest absolute Gasteiger partial charge is 0.218 e. The molecule has 1 saturated heterocycles. The van der Waals surface area contributed by atoms with E-state index in [0.717, 1.165) is 31.6 Å². The van der Waals surface area contributed by atoms with Gasteiger partial charge in [-0.2, -0.15) is 4.31 Å². The Bertz CT molecular complexity index is 520. The molecule has 6 heteroatoms. The van der Waals surface area contributed by atoms with E-state index < -0.39 is 10.0 Å². The topological polar surface area (TPSA) is 66.6 Å². The summed E-state index contributed by atoms with van der Waals surface area (Å²) in [5.74, 6) is 0.0566. The van der Waals surface area contributed by atoms with Crippen molar-refractivity contribution < 1.29 is 8.42 Å². The number of nitrogens with zero attached hydrogens (tertiary/aromatic N) is 2. The van der Waals surface area contributed by atoms with Gasteiger partial charge in [0.05, 0.1) is 5.75 Å². The van der Waals surface area contributed by atoms with E-state index in [0.29, 0.717) is 18.8 Å². The molecule has 112 valence electrons. The van der Waals surface area contributed by atoms with Crippen molar-refractivity contribution in [2.45, 2.75) is 19.1 Å². The fraction of sp³-hybridized carbons (Fsp3) is 0.571. The van der Waals surface area contributed by atoms with E-state index in [1.54, 1.807) is 28.6 Å². The number of nitrogen functional groups attached to an aromatic ring is 1. The normalized spacial score (nSPS) is 18.2. The van der Waals surface area contributed by atoms with Crippen molar-refractivity contribution in [3.05, 3.63) is 29.8 Å². The second kappa shape index (κ2) is 6.56. The Morgan fingerprint density at radius 2 is 1.70 bits per heavy atom. The highest BCUT2D eigenvalue weighted by molar-refractivity contribution is 7.88. The molecule has 5 nitrogen and oxygen atoms in total. The minimum absolute atomic E-state index is 0.0566. The highest BCUT2D eigenvalue weighted by Gasteiger charge is 2.26. The lowest BCUT2D eigenvalue weighted by Crippen LogP contribution is -2.48. The third-order valence-electron chi connectivity index (χ3n) is 3.59. The number of hydrogen-bond donors (Lipinski definition) is 1. The summed E-state index contributed by atoms with van der Waals surface area (Å²) >= 11 is 0. The molecular weight excluding hydrogens is 274 g/mol. The van der Waals surface area contributed by atoms with Gasteiger partial charge in [-0.15, -0.1) is 0 Å². The van der Waals surface area contributed by atoms with Crippen LogP contribution in [0.1, 0.15) is 18.9 Å². The van der Waals surface area contributed by atoms with Gasteiger partial charge in [-0.1, -0.05) is 19.1 Å². The summed E-state index contributed by atoms with van der Waals surface area (Å²) in [6.07, 6.45) is 1.11. The predicted molar refractivity (Wildman–Crippen MR) is 81.8 cm³/mol. The lowest BCUT2D eigenvalue weighted by molar-refractivity contribution is 0.188. The molecule has 1 aromatic rings. The van der Waals surface area contributed by atoms with E-state index in [2.05, 4.69) is 11.8 Å². The summed E-state index contributed by atoms with van der Waals surface area (Å²) in [6.45, 7) is 6.04. The summed E-state index contributed by atoms with van der Waals surface area (Å²) in [5, 5.41) is 0. The molecule has 1 aliphatic rings. The van der Waals surface area contributed by atoms with Crippen LogP contribution in [0.4, 0.5) is 5.69 Å². The highest BCUT2D eigenvalue weighted by Crippen LogP contribution is 2.15. The molecule has 1 aliphatic heterocycles. The van der Waals surface area contributed by atoms with Crippen LogP contribution in [0.15, 0.2) is 24.3 Å². The van der Waals surface area contributed by atoms with Gasteiger partial charge >= 0.3 is 0 Å². The summed E-state index contributed by atoms with van der Waals surface area (Å²) in [4.78, 5) is 2.31. The Morgan fingerprint density at radius 3 is 2.25 bits per heavy atom. The standard InChI is InChI=1S/C14H23N3O2S/c1-2-7-16-8-10-17(11-9-16)20(18,19)12-13-3-5-14(15)6-4-13/h3-6H,2,7-12,15H2,1H3. The first kappa shape index (κ1) is 15.3. The molecule has 20 heavy (non-hydrogen) atoms. The third-order valence-corrected chi connectivity index (χ3v) is 5.44. The predicted octanol–water partition coefficient (Wildman–Crippen LogP) is 1.13. The molecule has 0 aliphatic carbocycles. The average molecular weight is 297 g/mol. The van der Waals surface area contributed by atoms with E-state index in [4.69, 9.17) is 5.73 Å². The minimum atomic E-state index is -3.22. The number of sulfonamides is 1. The van der Waals surface area contributed by atoms with Crippen LogP contribution in [0.25, 0.3) is 0 Å². The summed E-state index contributed by atoms with van der Waals surface area (Å²) in [7, 11) is -3.22. The van der Waals surface area contributed by atoms with E-state index in [9.17, 15) is 8.42 Å². The van der Waals surface area contributed by atoms with Crippen LogP contribution in [-0.4, -0.2) is 50.3 Å². The number of nitrogens with two attached hydrogens (primary N) is 1. The molecule has 0 atom stereocenters. The zero-order valence-corrected chi connectivity index (χ0v) is 12.8. The molecule has 1 fully saturated rings. The van der Waals surface area contributed by atoms with Gasteiger partial charge in [0.2, 0.25) is 10.0 Å². The molecule has 0 spiro atoms. The number of hydrogen-bond acceptors (Lipinski definition) is 4. The van der Waals surface area contributed by atoms with Crippen LogP contribution in [0.2, 0.25) is 0 Å². The van der Waals surface area contributed by atoms with Gasteiger partial charge in [0.15, 0.2) is 0 Å². The van der Waals surface area contributed by atoms with Crippen molar-refractivity contribution in [1.82, 2.24) is 9.21 Å². The number of piperazine rings is 1. The SMILES string of the molecule is CCCN1CCN(S(=O)(=O)Cc2ccc(N)cc2)CC1. The molecule has 0 aromatic heterocycles. The lowest BCUT2D eigenvalue weighted by atomic mass is 10.2. The Morgan fingerprint density at radius 1 is 1.10 bits per heavy atom. The van der Waals surface area contributed by atoms with Crippen LogP contribution in [-0.2, 0) is 15.8 Å². The lowest BCUT2D eigenvalue weighted by Gasteiger charge is -2.33. The fourth-order valence-electron chi connectivity index (χ4n) is 2.46. The van der Waals surface area contributed by atoms with E-state index >= 15 is 0 Å². The van der Waals surface area contributed by atoms with Crippen molar-refractivity contribution in [1.29, 1.82) is 0 Å². The molecule has 1 heterocycles. The molecule has 0 bridgehead atoms. The number of rotatable bonds is 5. The van der Waals surface area contributed by atoms with Crippen LogP contribution in [0.3, 0.4) is 0 Å². The van der Waals surface area contributed by atoms with Crippen LogP contribution in [0, 0.1) is 0 Å².